The molecule has 0 N–H and O–H groups in total. The van der Waals surface area contributed by atoms with E-state index in [1.165, 1.54) is 19.3 Å². The molecule has 4 heteroatoms. The second kappa shape index (κ2) is 4.64. The Labute approximate surface area is 79.3 Å². The molecular weight excluding hydrogens is 195 g/mol. The van der Waals surface area contributed by atoms with Crippen LogP contribution in [-0.2, 0) is 8.64 Å². The Bertz CT molecular complexity index is 170. The molecule has 2 nitrogen and oxygen atoms in total. The average Bonchev–Trinajstić information content (AvgIpc) is 2.18. The highest BCUT2D eigenvalue weighted by molar-refractivity contribution is 7.60. The van der Waals surface area contributed by atoms with Crippen LogP contribution in [0.5, 0.6) is 0 Å². The highest BCUT2D eigenvalue weighted by Crippen LogP contribution is 2.57. The molecule has 0 heterocycles. The van der Waals surface area contributed by atoms with Crippen LogP contribution in [0.1, 0.15) is 39.0 Å². The highest BCUT2D eigenvalue weighted by Gasteiger charge is 2.33. The normalized spacial score (nSPS) is 25.2. The monoisotopic (exact) mass is 210 g/mol. The minimum Gasteiger partial charge on any atom is -0.291 e. The summed E-state index contributed by atoms with van der Waals surface area (Å²) in [7, 11) is -2.49. The van der Waals surface area contributed by atoms with Gasteiger partial charge in [0.1, 0.15) is 0 Å². The predicted molar refractivity (Wildman–Crippen MR) is 52.0 cm³/mol. The summed E-state index contributed by atoms with van der Waals surface area (Å²) in [6.07, 6.45) is 6.24. The van der Waals surface area contributed by atoms with Gasteiger partial charge in [0.15, 0.2) is 0 Å². The quantitative estimate of drug-likeness (QED) is 0.663. The third kappa shape index (κ3) is 2.25. The van der Waals surface area contributed by atoms with Crippen molar-refractivity contribution in [2.75, 3.05) is 6.16 Å². The SMILES string of the molecule is CCP(=O)(OCl)C1CCCCC1. The number of halogens is 1. The fourth-order valence-electron chi connectivity index (χ4n) is 1.84. The van der Waals surface area contributed by atoms with Crippen molar-refractivity contribution in [1.82, 2.24) is 0 Å². The standard InChI is InChI=1S/C8H16ClO2P/c1-2-12(10,11-9)8-6-4-3-5-7-8/h8H,2-7H2,1H3. The van der Waals surface area contributed by atoms with Gasteiger partial charge in [-0.25, -0.2) is 4.08 Å². The van der Waals surface area contributed by atoms with Crippen LogP contribution in [0, 0.1) is 0 Å². The van der Waals surface area contributed by atoms with E-state index in [0.29, 0.717) is 6.16 Å². The first-order valence-corrected chi connectivity index (χ1v) is 6.81. The van der Waals surface area contributed by atoms with Crippen LogP contribution in [0.2, 0.25) is 0 Å². The lowest BCUT2D eigenvalue weighted by Crippen LogP contribution is -2.14. The van der Waals surface area contributed by atoms with Crippen molar-refractivity contribution < 1.29 is 8.64 Å². The van der Waals surface area contributed by atoms with Gasteiger partial charge in [0.25, 0.3) is 0 Å². The first kappa shape index (κ1) is 10.6. The summed E-state index contributed by atoms with van der Waals surface area (Å²) in [4.78, 5) is 0. The Balaban J connectivity index is 2.58. The molecule has 0 spiro atoms. The maximum atomic E-state index is 12.0. The second-order valence-corrected chi connectivity index (χ2v) is 6.77. The third-order valence-corrected chi connectivity index (χ3v) is 6.13. The zero-order valence-electron chi connectivity index (χ0n) is 7.46. The molecule has 0 saturated heterocycles. The van der Waals surface area contributed by atoms with Gasteiger partial charge in [-0.15, -0.1) is 0 Å². The molecule has 1 atom stereocenters. The summed E-state index contributed by atoms with van der Waals surface area (Å²) in [5, 5.41) is 0. The van der Waals surface area contributed by atoms with Gasteiger partial charge in [-0.2, -0.15) is 0 Å². The molecule has 0 aromatic heterocycles. The Hall–Kier alpha value is 0.480. The fraction of sp³-hybridized carbons (Fsp3) is 1.00. The highest BCUT2D eigenvalue weighted by atomic mass is 35.5. The third-order valence-electron chi connectivity index (χ3n) is 2.69. The van der Waals surface area contributed by atoms with E-state index in [-0.39, 0.29) is 5.66 Å². The maximum absolute atomic E-state index is 12.0. The summed E-state index contributed by atoms with van der Waals surface area (Å²) >= 11 is 5.28. The topological polar surface area (TPSA) is 26.3 Å². The van der Waals surface area contributed by atoms with E-state index in [9.17, 15) is 4.57 Å². The summed E-state index contributed by atoms with van der Waals surface area (Å²) in [5.74, 6) is 0. The largest absolute Gasteiger partial charge is 0.291 e. The molecule has 0 bridgehead atoms. The molecule has 1 saturated carbocycles. The summed E-state index contributed by atoms with van der Waals surface area (Å²) < 4.78 is 16.6. The van der Waals surface area contributed by atoms with Crippen molar-refractivity contribution >= 4 is 19.2 Å². The fourth-order valence-corrected chi connectivity index (χ4v) is 4.35. The zero-order valence-corrected chi connectivity index (χ0v) is 9.11. The van der Waals surface area contributed by atoms with Gasteiger partial charge in [-0.1, -0.05) is 26.2 Å². The summed E-state index contributed by atoms with van der Waals surface area (Å²) in [5.41, 5.74) is 0.230. The van der Waals surface area contributed by atoms with Crippen LogP contribution in [0.4, 0.5) is 0 Å². The van der Waals surface area contributed by atoms with Crippen molar-refractivity contribution in [3.63, 3.8) is 0 Å². The maximum Gasteiger partial charge on any atom is 0.223 e. The minimum atomic E-state index is -2.49. The molecule has 1 aliphatic carbocycles. The van der Waals surface area contributed by atoms with Crippen LogP contribution in [0.25, 0.3) is 0 Å². The van der Waals surface area contributed by atoms with Crippen molar-refractivity contribution in [3.05, 3.63) is 0 Å². The molecule has 0 amide bonds. The molecule has 1 fully saturated rings. The van der Waals surface area contributed by atoms with Crippen LogP contribution in [0.3, 0.4) is 0 Å². The molecule has 1 rings (SSSR count). The van der Waals surface area contributed by atoms with Crippen LogP contribution < -0.4 is 0 Å². The van der Waals surface area contributed by atoms with Crippen LogP contribution >= 0.6 is 19.2 Å². The Morgan fingerprint density at radius 3 is 2.42 bits per heavy atom. The van der Waals surface area contributed by atoms with Gasteiger partial charge in [-0.05, 0) is 12.8 Å². The lowest BCUT2D eigenvalue weighted by atomic mass is 10.0. The van der Waals surface area contributed by atoms with Crippen molar-refractivity contribution in [3.8, 4) is 0 Å². The molecule has 0 aromatic rings. The molecule has 1 aliphatic rings. The summed E-state index contributed by atoms with van der Waals surface area (Å²) in [6, 6.07) is 0. The van der Waals surface area contributed by atoms with Gasteiger partial charge in [0.2, 0.25) is 7.37 Å². The Kier molecular flexibility index (Phi) is 4.09. The number of hydrogen-bond donors (Lipinski definition) is 0. The molecule has 1 unspecified atom stereocenters. The number of hydrogen-bond acceptors (Lipinski definition) is 2. The van der Waals surface area contributed by atoms with E-state index in [4.69, 9.17) is 11.9 Å². The van der Waals surface area contributed by atoms with E-state index in [1.54, 1.807) is 0 Å². The Morgan fingerprint density at radius 1 is 1.42 bits per heavy atom. The van der Waals surface area contributed by atoms with Gasteiger partial charge < -0.3 is 0 Å². The molecule has 0 radical (unpaired) electrons. The molecule has 12 heavy (non-hydrogen) atoms. The van der Waals surface area contributed by atoms with Crippen molar-refractivity contribution in [1.29, 1.82) is 0 Å². The zero-order chi connectivity index (χ0) is 9.03. The smallest absolute Gasteiger partial charge is 0.223 e. The van der Waals surface area contributed by atoms with Gasteiger partial charge in [-0.3, -0.25) is 4.57 Å². The van der Waals surface area contributed by atoms with Gasteiger partial charge in [0.05, 0.1) is 11.9 Å². The van der Waals surface area contributed by atoms with Gasteiger partial charge in [0, 0.05) is 11.8 Å². The average molecular weight is 211 g/mol. The summed E-state index contributed by atoms with van der Waals surface area (Å²) in [6.45, 7) is 1.89. The molecule has 0 aliphatic heterocycles. The van der Waals surface area contributed by atoms with Crippen LogP contribution in [0.15, 0.2) is 0 Å². The van der Waals surface area contributed by atoms with E-state index < -0.39 is 7.37 Å². The molecule has 0 aromatic carbocycles. The van der Waals surface area contributed by atoms with Crippen LogP contribution in [-0.4, -0.2) is 11.8 Å². The molecule has 72 valence electrons. The predicted octanol–water partition coefficient (Wildman–Crippen LogP) is 3.79. The van der Waals surface area contributed by atoms with E-state index in [1.807, 2.05) is 6.92 Å². The van der Waals surface area contributed by atoms with Crippen molar-refractivity contribution in [2.24, 2.45) is 0 Å². The van der Waals surface area contributed by atoms with E-state index in [0.717, 1.165) is 12.8 Å². The first-order chi connectivity index (χ1) is 5.73. The van der Waals surface area contributed by atoms with E-state index in [2.05, 4.69) is 4.08 Å². The van der Waals surface area contributed by atoms with Crippen molar-refractivity contribution in [2.45, 2.75) is 44.7 Å². The van der Waals surface area contributed by atoms with E-state index >= 15 is 0 Å². The Morgan fingerprint density at radius 2 is 2.00 bits per heavy atom. The first-order valence-electron chi connectivity index (χ1n) is 4.62. The molecular formula is C8H16ClO2P. The lowest BCUT2D eigenvalue weighted by Gasteiger charge is -2.26. The second-order valence-electron chi connectivity index (χ2n) is 3.40. The number of rotatable bonds is 3. The lowest BCUT2D eigenvalue weighted by molar-refractivity contribution is 0.438. The minimum absolute atomic E-state index is 0.230. The van der Waals surface area contributed by atoms with Gasteiger partial charge >= 0.3 is 0 Å².